The van der Waals surface area contributed by atoms with E-state index in [4.69, 9.17) is 5.73 Å². The van der Waals surface area contributed by atoms with Gasteiger partial charge in [0.05, 0.1) is 0 Å². The maximum absolute atomic E-state index is 11.2. The van der Waals surface area contributed by atoms with Crippen LogP contribution in [0.2, 0.25) is 0 Å². The molecule has 12 heavy (non-hydrogen) atoms. The number of aryl methyl sites for hydroxylation is 1. The fraction of sp³-hybridized carbons (Fsp3) is 0.125. The summed E-state index contributed by atoms with van der Waals surface area (Å²) in [7, 11) is 0. The van der Waals surface area contributed by atoms with Crippen molar-refractivity contribution in [3.05, 3.63) is 28.2 Å². The van der Waals surface area contributed by atoms with Crippen LogP contribution < -0.4 is 11.3 Å². The summed E-state index contributed by atoms with van der Waals surface area (Å²) in [6.07, 6.45) is 1.79. The number of aromatic amines is 2. The van der Waals surface area contributed by atoms with Gasteiger partial charge in [-0.2, -0.15) is 0 Å². The zero-order valence-corrected chi connectivity index (χ0v) is 6.64. The molecule has 4 heteroatoms. The van der Waals surface area contributed by atoms with Gasteiger partial charge in [0.15, 0.2) is 0 Å². The quantitative estimate of drug-likeness (QED) is 0.536. The van der Waals surface area contributed by atoms with Crippen LogP contribution in [0.5, 0.6) is 0 Å². The summed E-state index contributed by atoms with van der Waals surface area (Å²) in [5.41, 5.74) is 6.93. The fourth-order valence-corrected chi connectivity index (χ4v) is 1.29. The molecular weight excluding hydrogens is 154 g/mol. The zero-order chi connectivity index (χ0) is 8.72. The molecule has 0 aliphatic heterocycles. The topological polar surface area (TPSA) is 74.7 Å². The molecule has 2 heterocycles. The molecular formula is C8H9N3O. The molecule has 2 aromatic heterocycles. The van der Waals surface area contributed by atoms with Gasteiger partial charge in [-0.3, -0.25) is 4.79 Å². The van der Waals surface area contributed by atoms with Crippen LogP contribution in [0.15, 0.2) is 17.1 Å². The Labute approximate surface area is 68.4 Å². The molecule has 0 aliphatic rings. The van der Waals surface area contributed by atoms with Crippen molar-refractivity contribution in [2.75, 3.05) is 5.73 Å². The maximum Gasteiger partial charge on any atom is 0.273 e. The van der Waals surface area contributed by atoms with Crippen LogP contribution in [-0.2, 0) is 0 Å². The van der Waals surface area contributed by atoms with E-state index in [1.165, 1.54) is 0 Å². The number of H-pyrrole nitrogens is 2. The lowest BCUT2D eigenvalue weighted by atomic mass is 10.2. The van der Waals surface area contributed by atoms with E-state index >= 15 is 0 Å². The van der Waals surface area contributed by atoms with Gasteiger partial charge in [-0.05, 0) is 18.6 Å². The van der Waals surface area contributed by atoms with Gasteiger partial charge in [-0.15, -0.1) is 0 Å². The van der Waals surface area contributed by atoms with E-state index in [9.17, 15) is 4.79 Å². The third-order valence-electron chi connectivity index (χ3n) is 1.91. The Balaban J connectivity index is 3.03. The van der Waals surface area contributed by atoms with Gasteiger partial charge in [0, 0.05) is 11.6 Å². The summed E-state index contributed by atoms with van der Waals surface area (Å²) >= 11 is 0. The highest BCUT2D eigenvalue weighted by atomic mass is 16.1. The number of hydrogen-bond donors (Lipinski definition) is 3. The number of nitrogens with two attached hydrogens (primary N) is 1. The Morgan fingerprint density at radius 3 is 3.00 bits per heavy atom. The standard InChI is InChI=1S/C8H9N3O/c1-4-3-10-7-5(4)2-6(9)11-8(7)12/h2-3,10H,1H3,(H3,9,11,12). The first-order chi connectivity index (χ1) is 5.68. The Morgan fingerprint density at radius 1 is 1.50 bits per heavy atom. The predicted molar refractivity (Wildman–Crippen MR) is 48.1 cm³/mol. The normalized spacial score (nSPS) is 10.8. The van der Waals surface area contributed by atoms with Crippen molar-refractivity contribution in [2.45, 2.75) is 6.92 Å². The molecule has 0 fully saturated rings. The SMILES string of the molecule is Cc1c[nH]c2c(=O)[nH]c(N)cc12. The number of aromatic nitrogens is 2. The van der Waals surface area contributed by atoms with Crippen LogP contribution in [0.4, 0.5) is 5.82 Å². The molecule has 0 saturated heterocycles. The molecule has 4 N–H and O–H groups in total. The van der Waals surface area contributed by atoms with Crippen molar-refractivity contribution in [1.29, 1.82) is 0 Å². The molecule has 0 bridgehead atoms. The summed E-state index contributed by atoms with van der Waals surface area (Å²) in [6, 6.07) is 1.75. The summed E-state index contributed by atoms with van der Waals surface area (Å²) in [6.45, 7) is 1.93. The lowest BCUT2D eigenvalue weighted by Crippen LogP contribution is -2.08. The molecule has 0 amide bonds. The van der Waals surface area contributed by atoms with Crippen LogP contribution in [0.1, 0.15) is 5.56 Å². The number of anilines is 1. The lowest BCUT2D eigenvalue weighted by Gasteiger charge is -1.93. The highest BCUT2D eigenvalue weighted by Gasteiger charge is 2.03. The van der Waals surface area contributed by atoms with Gasteiger partial charge in [-0.25, -0.2) is 0 Å². The molecule has 2 aromatic rings. The third kappa shape index (κ3) is 0.812. The zero-order valence-electron chi connectivity index (χ0n) is 6.64. The Kier molecular flexibility index (Phi) is 1.24. The van der Waals surface area contributed by atoms with Crippen molar-refractivity contribution in [1.82, 2.24) is 9.97 Å². The van der Waals surface area contributed by atoms with Gasteiger partial charge < -0.3 is 15.7 Å². The van der Waals surface area contributed by atoms with Crippen LogP contribution in [-0.4, -0.2) is 9.97 Å². The van der Waals surface area contributed by atoms with Gasteiger partial charge in [0.25, 0.3) is 5.56 Å². The second kappa shape index (κ2) is 2.14. The van der Waals surface area contributed by atoms with Crippen LogP contribution in [0.3, 0.4) is 0 Å². The minimum atomic E-state index is -0.168. The summed E-state index contributed by atoms with van der Waals surface area (Å²) < 4.78 is 0. The second-order valence-electron chi connectivity index (χ2n) is 2.81. The van der Waals surface area contributed by atoms with Gasteiger partial charge in [-0.1, -0.05) is 0 Å². The van der Waals surface area contributed by atoms with Crippen LogP contribution >= 0.6 is 0 Å². The summed E-state index contributed by atoms with van der Waals surface area (Å²) in [5, 5.41) is 0.885. The number of nitrogen functional groups attached to an aromatic ring is 1. The second-order valence-corrected chi connectivity index (χ2v) is 2.81. The molecule has 0 atom stereocenters. The Bertz CT molecular complexity index is 480. The van der Waals surface area contributed by atoms with Crippen molar-refractivity contribution < 1.29 is 0 Å². The van der Waals surface area contributed by atoms with E-state index in [-0.39, 0.29) is 5.56 Å². The Morgan fingerprint density at radius 2 is 2.25 bits per heavy atom. The first-order valence-corrected chi connectivity index (χ1v) is 3.65. The number of rotatable bonds is 0. The number of pyridine rings is 1. The number of nitrogens with one attached hydrogen (secondary N) is 2. The van der Waals surface area contributed by atoms with Crippen molar-refractivity contribution in [3.63, 3.8) is 0 Å². The smallest absolute Gasteiger partial charge is 0.273 e. The minimum Gasteiger partial charge on any atom is -0.385 e. The largest absolute Gasteiger partial charge is 0.385 e. The minimum absolute atomic E-state index is 0.168. The van der Waals surface area contributed by atoms with Gasteiger partial charge in [0.2, 0.25) is 0 Å². The maximum atomic E-state index is 11.2. The van der Waals surface area contributed by atoms with Gasteiger partial charge >= 0.3 is 0 Å². The molecule has 4 nitrogen and oxygen atoms in total. The van der Waals surface area contributed by atoms with Crippen LogP contribution in [0, 0.1) is 6.92 Å². The highest BCUT2D eigenvalue weighted by Crippen LogP contribution is 2.14. The van der Waals surface area contributed by atoms with Crippen LogP contribution in [0.25, 0.3) is 10.9 Å². The third-order valence-corrected chi connectivity index (χ3v) is 1.91. The van der Waals surface area contributed by atoms with E-state index in [1.54, 1.807) is 12.3 Å². The Hall–Kier alpha value is -1.71. The van der Waals surface area contributed by atoms with Gasteiger partial charge in [0.1, 0.15) is 11.3 Å². The molecule has 2 rings (SSSR count). The van der Waals surface area contributed by atoms with E-state index in [1.807, 2.05) is 6.92 Å². The molecule has 0 aromatic carbocycles. The molecule has 0 spiro atoms. The van der Waals surface area contributed by atoms with E-state index < -0.39 is 0 Å². The van der Waals surface area contributed by atoms with Crippen molar-refractivity contribution in [3.8, 4) is 0 Å². The average molecular weight is 163 g/mol. The van der Waals surface area contributed by atoms with Crippen molar-refractivity contribution in [2.24, 2.45) is 0 Å². The summed E-state index contributed by atoms with van der Waals surface area (Å²) in [5.74, 6) is 0.398. The molecule has 0 aliphatic carbocycles. The monoisotopic (exact) mass is 163 g/mol. The first-order valence-electron chi connectivity index (χ1n) is 3.65. The molecule has 62 valence electrons. The average Bonchev–Trinajstić information content (AvgIpc) is 2.33. The summed E-state index contributed by atoms with van der Waals surface area (Å²) in [4.78, 5) is 16.6. The first kappa shape index (κ1) is 6.97. The van der Waals surface area contributed by atoms with E-state index in [0.717, 1.165) is 10.9 Å². The van der Waals surface area contributed by atoms with E-state index in [0.29, 0.717) is 11.3 Å². The highest BCUT2D eigenvalue weighted by molar-refractivity contribution is 5.83. The number of hydrogen-bond acceptors (Lipinski definition) is 2. The lowest BCUT2D eigenvalue weighted by molar-refractivity contribution is 1.26. The fourth-order valence-electron chi connectivity index (χ4n) is 1.29. The predicted octanol–water partition coefficient (Wildman–Crippen LogP) is 0.747. The number of fused-ring (bicyclic) bond motifs is 1. The van der Waals surface area contributed by atoms with E-state index in [2.05, 4.69) is 9.97 Å². The molecule has 0 saturated carbocycles. The molecule has 0 unspecified atom stereocenters. The molecule has 0 radical (unpaired) electrons. The van der Waals surface area contributed by atoms with Crippen molar-refractivity contribution >= 4 is 16.7 Å².